The maximum absolute atomic E-state index is 13.7. The highest BCUT2D eigenvalue weighted by Crippen LogP contribution is 2.60. The highest BCUT2D eigenvalue weighted by atomic mass is 19.1. The van der Waals surface area contributed by atoms with Crippen molar-refractivity contribution < 1.29 is 18.4 Å². The maximum Gasteiger partial charge on any atom is 0.293 e. The van der Waals surface area contributed by atoms with Gasteiger partial charge in [0.15, 0.2) is 0 Å². The molecule has 4 bridgehead atoms. The second-order valence-corrected chi connectivity index (χ2v) is 9.92. The van der Waals surface area contributed by atoms with Crippen LogP contribution in [-0.2, 0) is 4.79 Å². The number of carbonyl (C=O) groups is 2. The number of anilines is 2. The molecule has 4 aliphatic rings. The largest absolute Gasteiger partial charge is 0.449 e. The van der Waals surface area contributed by atoms with Gasteiger partial charge in [0.25, 0.3) is 5.91 Å². The lowest BCUT2D eigenvalue weighted by Crippen LogP contribution is -2.51. The van der Waals surface area contributed by atoms with Gasteiger partial charge in [0.05, 0.1) is 5.41 Å². The molecule has 6 heteroatoms. The van der Waals surface area contributed by atoms with Crippen LogP contribution >= 0.6 is 0 Å². The van der Waals surface area contributed by atoms with Crippen molar-refractivity contribution >= 4 is 34.2 Å². The molecule has 1 aromatic heterocycles. The Morgan fingerprint density at radius 1 is 0.875 bits per heavy atom. The fourth-order valence-electron chi connectivity index (χ4n) is 6.69. The van der Waals surface area contributed by atoms with Gasteiger partial charge in [0.2, 0.25) is 11.7 Å². The van der Waals surface area contributed by atoms with Crippen LogP contribution in [-0.4, -0.2) is 11.8 Å². The van der Waals surface area contributed by atoms with E-state index in [0.717, 1.165) is 19.3 Å². The van der Waals surface area contributed by atoms with Gasteiger partial charge in [-0.05, 0) is 92.7 Å². The van der Waals surface area contributed by atoms with Gasteiger partial charge < -0.3 is 15.1 Å². The van der Waals surface area contributed by atoms with E-state index in [4.69, 9.17) is 4.42 Å². The van der Waals surface area contributed by atoms with E-state index in [-0.39, 0.29) is 22.9 Å². The summed E-state index contributed by atoms with van der Waals surface area (Å²) in [5.74, 6) is 1.16. The molecule has 7 rings (SSSR count). The van der Waals surface area contributed by atoms with Gasteiger partial charge in [0, 0.05) is 11.1 Å². The molecule has 2 amide bonds. The average molecular weight is 432 g/mol. The van der Waals surface area contributed by atoms with E-state index in [1.807, 2.05) is 18.2 Å². The SMILES string of the molecule is O=C(Nc1ccc(F)cc1)c1oc2ccccc2c1NC(=O)C12CC3CC(CC(C3)C1)C2. The molecule has 0 spiro atoms. The Kier molecular flexibility index (Phi) is 4.39. The molecule has 0 unspecified atom stereocenters. The van der Waals surface area contributed by atoms with Crippen molar-refractivity contribution in [2.45, 2.75) is 38.5 Å². The molecule has 5 nitrogen and oxygen atoms in total. The Labute approximate surface area is 185 Å². The monoisotopic (exact) mass is 432 g/mol. The molecular formula is C26H25FN2O3. The molecular weight excluding hydrogens is 407 g/mol. The number of carbonyl (C=O) groups excluding carboxylic acids is 2. The standard InChI is InChI=1S/C26H25FN2O3/c27-18-5-7-19(8-6-18)28-24(30)23-22(20-3-1-2-4-21(20)32-23)29-25(31)26-12-15-9-16(13-26)11-17(10-15)14-26/h1-8,15-17H,9-14H2,(H,28,30)(H,29,31). The van der Waals surface area contributed by atoms with Crippen molar-refractivity contribution in [1.82, 2.24) is 0 Å². The Morgan fingerprint density at radius 2 is 1.50 bits per heavy atom. The van der Waals surface area contributed by atoms with Gasteiger partial charge in [-0.15, -0.1) is 0 Å². The smallest absolute Gasteiger partial charge is 0.293 e. The first-order valence-electron chi connectivity index (χ1n) is 11.4. The van der Waals surface area contributed by atoms with Gasteiger partial charge in [-0.25, -0.2) is 4.39 Å². The highest BCUT2D eigenvalue weighted by molar-refractivity contribution is 6.15. The normalized spacial score (nSPS) is 28.1. The third-order valence-corrected chi connectivity index (χ3v) is 7.66. The van der Waals surface area contributed by atoms with E-state index in [1.54, 1.807) is 6.07 Å². The summed E-state index contributed by atoms with van der Waals surface area (Å²) in [6, 6.07) is 12.9. The van der Waals surface area contributed by atoms with Crippen LogP contribution in [0.1, 0.15) is 49.1 Å². The lowest BCUT2D eigenvalue weighted by molar-refractivity contribution is -0.140. The van der Waals surface area contributed by atoms with E-state index in [0.29, 0.717) is 40.1 Å². The zero-order valence-electron chi connectivity index (χ0n) is 17.7. The number of halogens is 1. The predicted octanol–water partition coefficient (Wildman–Crippen LogP) is 5.98. The van der Waals surface area contributed by atoms with Crippen LogP contribution in [0.2, 0.25) is 0 Å². The lowest BCUT2D eigenvalue weighted by Gasteiger charge is -2.55. The van der Waals surface area contributed by atoms with Crippen molar-refractivity contribution in [2.75, 3.05) is 10.6 Å². The lowest BCUT2D eigenvalue weighted by atomic mass is 9.49. The van der Waals surface area contributed by atoms with E-state index < -0.39 is 5.91 Å². The molecule has 3 aromatic rings. The van der Waals surface area contributed by atoms with Crippen LogP contribution in [0, 0.1) is 29.0 Å². The van der Waals surface area contributed by atoms with Crippen LogP contribution in [0.15, 0.2) is 52.9 Å². The van der Waals surface area contributed by atoms with Crippen LogP contribution in [0.3, 0.4) is 0 Å². The van der Waals surface area contributed by atoms with Crippen molar-refractivity contribution in [3.63, 3.8) is 0 Å². The zero-order valence-corrected chi connectivity index (χ0v) is 17.7. The van der Waals surface area contributed by atoms with E-state index >= 15 is 0 Å². The van der Waals surface area contributed by atoms with Gasteiger partial charge in [-0.3, -0.25) is 9.59 Å². The number of hydrogen-bond acceptors (Lipinski definition) is 3. The molecule has 2 N–H and O–H groups in total. The summed E-state index contributed by atoms with van der Waals surface area (Å²) >= 11 is 0. The summed E-state index contributed by atoms with van der Waals surface area (Å²) in [6.07, 6.45) is 6.60. The summed E-state index contributed by atoms with van der Waals surface area (Å²) in [5, 5.41) is 6.56. The molecule has 0 saturated heterocycles. The molecule has 0 atom stereocenters. The van der Waals surface area contributed by atoms with E-state index in [9.17, 15) is 14.0 Å². The number of furan rings is 1. The number of para-hydroxylation sites is 1. The minimum absolute atomic E-state index is 0.0129. The Bertz CT molecular complexity index is 1180. The maximum atomic E-state index is 13.7. The average Bonchev–Trinajstić information content (AvgIpc) is 3.13. The number of fused-ring (bicyclic) bond motifs is 1. The van der Waals surface area contributed by atoms with Gasteiger partial charge in [-0.1, -0.05) is 12.1 Å². The first-order chi connectivity index (χ1) is 15.5. The van der Waals surface area contributed by atoms with Gasteiger partial charge in [-0.2, -0.15) is 0 Å². The molecule has 164 valence electrons. The number of benzene rings is 2. The van der Waals surface area contributed by atoms with Crippen molar-refractivity contribution in [2.24, 2.45) is 23.2 Å². The van der Waals surface area contributed by atoms with Crippen LogP contribution in [0.4, 0.5) is 15.8 Å². The second-order valence-electron chi connectivity index (χ2n) is 9.92. The Balaban J connectivity index is 1.33. The summed E-state index contributed by atoms with van der Waals surface area (Å²) in [4.78, 5) is 26.7. The first kappa shape index (κ1) is 19.5. The number of hydrogen-bond donors (Lipinski definition) is 2. The predicted molar refractivity (Wildman–Crippen MR) is 120 cm³/mol. The Hall–Kier alpha value is -3.15. The molecule has 4 saturated carbocycles. The minimum atomic E-state index is -0.478. The van der Waals surface area contributed by atoms with E-state index in [1.165, 1.54) is 43.5 Å². The second kappa shape index (κ2) is 7.19. The minimum Gasteiger partial charge on any atom is -0.449 e. The van der Waals surface area contributed by atoms with Crippen molar-refractivity contribution in [3.05, 3.63) is 60.1 Å². The summed E-state index contributed by atoms with van der Waals surface area (Å²) in [7, 11) is 0. The van der Waals surface area contributed by atoms with Crippen LogP contribution in [0.5, 0.6) is 0 Å². The Morgan fingerprint density at radius 3 is 2.16 bits per heavy atom. The number of amides is 2. The van der Waals surface area contributed by atoms with Gasteiger partial charge in [0.1, 0.15) is 17.1 Å². The number of rotatable bonds is 4. The quantitative estimate of drug-likeness (QED) is 0.533. The molecule has 32 heavy (non-hydrogen) atoms. The first-order valence-corrected chi connectivity index (χ1v) is 11.4. The molecule has 0 radical (unpaired) electrons. The van der Waals surface area contributed by atoms with Crippen molar-refractivity contribution in [3.8, 4) is 0 Å². The molecule has 4 fully saturated rings. The zero-order chi connectivity index (χ0) is 21.9. The fourth-order valence-corrected chi connectivity index (χ4v) is 6.69. The molecule has 2 aromatic carbocycles. The topological polar surface area (TPSA) is 71.3 Å². The third kappa shape index (κ3) is 3.20. The third-order valence-electron chi connectivity index (χ3n) is 7.66. The van der Waals surface area contributed by atoms with Gasteiger partial charge >= 0.3 is 0 Å². The summed E-state index contributed by atoms with van der Waals surface area (Å²) < 4.78 is 19.1. The van der Waals surface area contributed by atoms with E-state index in [2.05, 4.69) is 10.6 Å². The van der Waals surface area contributed by atoms with Crippen molar-refractivity contribution in [1.29, 1.82) is 0 Å². The molecule has 0 aliphatic heterocycles. The van der Waals surface area contributed by atoms with Crippen LogP contribution in [0.25, 0.3) is 11.0 Å². The summed E-state index contributed by atoms with van der Waals surface area (Å²) in [6.45, 7) is 0. The molecule has 1 heterocycles. The summed E-state index contributed by atoms with van der Waals surface area (Å²) in [5.41, 5.74) is 1.08. The fraction of sp³-hybridized carbons (Fsp3) is 0.385. The highest BCUT2D eigenvalue weighted by Gasteiger charge is 2.54. The molecule has 4 aliphatic carbocycles. The van der Waals surface area contributed by atoms with Crippen LogP contribution < -0.4 is 10.6 Å². The number of nitrogens with one attached hydrogen (secondary N) is 2.